The van der Waals surface area contributed by atoms with Crippen LogP contribution in [0.5, 0.6) is 0 Å². The monoisotopic (exact) mass is 484 g/mol. The number of fused-ring (bicyclic) bond motifs is 7. The van der Waals surface area contributed by atoms with Gasteiger partial charge >= 0.3 is 5.97 Å². The molecule has 9 atom stereocenters. The molecule has 0 aromatic carbocycles. The molecule has 0 saturated heterocycles. The van der Waals surface area contributed by atoms with Crippen LogP contribution in [0.4, 0.5) is 0 Å². The second-order valence-corrected chi connectivity index (χ2v) is 15.1. The van der Waals surface area contributed by atoms with Crippen molar-refractivity contribution >= 4 is 11.8 Å². The number of ether oxygens (including phenoxy) is 1. The maximum absolute atomic E-state index is 14.3. The van der Waals surface area contributed by atoms with Gasteiger partial charge in [-0.05, 0) is 110 Å². The SMILES string of the molecule is COC(=O)[C@@]1(C)CC[C@]2(C)CC[C@@]3(C)C(=CC(=O)[C@@H]4[C@]5(C)CC[C@H](O)C(C)(C)[C@@H]5CC[C@]43C)[C@H]2C1. The molecular weight excluding hydrogens is 436 g/mol. The lowest BCUT2D eigenvalue weighted by Crippen LogP contribution is -2.66. The molecule has 0 heterocycles. The van der Waals surface area contributed by atoms with Crippen LogP contribution in [0.2, 0.25) is 0 Å². The summed E-state index contributed by atoms with van der Waals surface area (Å²) in [5.41, 5.74) is 0.590. The number of aliphatic hydroxyl groups is 1. The molecule has 35 heavy (non-hydrogen) atoms. The fourth-order valence-electron chi connectivity index (χ4n) is 10.6. The minimum absolute atomic E-state index is 0.00536. The summed E-state index contributed by atoms with van der Waals surface area (Å²) in [5, 5.41) is 10.9. The van der Waals surface area contributed by atoms with E-state index in [2.05, 4.69) is 54.5 Å². The van der Waals surface area contributed by atoms with E-state index in [4.69, 9.17) is 4.74 Å². The summed E-state index contributed by atoms with van der Waals surface area (Å²) in [6.07, 6.45) is 10.5. The number of hydrogen-bond donors (Lipinski definition) is 1. The van der Waals surface area contributed by atoms with E-state index in [9.17, 15) is 14.7 Å². The Morgan fingerprint density at radius 3 is 2.26 bits per heavy atom. The zero-order valence-corrected chi connectivity index (χ0v) is 23.4. The normalized spacial score (nSPS) is 52.8. The molecule has 0 bridgehead atoms. The predicted octanol–water partition coefficient (Wildman–Crippen LogP) is 6.50. The molecule has 0 amide bonds. The topological polar surface area (TPSA) is 63.6 Å². The molecule has 5 rings (SSSR count). The second-order valence-electron chi connectivity index (χ2n) is 15.1. The highest BCUT2D eigenvalue weighted by atomic mass is 16.5. The van der Waals surface area contributed by atoms with E-state index in [0.29, 0.717) is 11.7 Å². The maximum atomic E-state index is 14.3. The molecule has 0 aliphatic heterocycles. The summed E-state index contributed by atoms with van der Waals surface area (Å²) in [6, 6.07) is 0. The van der Waals surface area contributed by atoms with Crippen molar-refractivity contribution in [2.24, 2.45) is 50.2 Å². The molecule has 4 fully saturated rings. The van der Waals surface area contributed by atoms with E-state index < -0.39 is 5.41 Å². The molecule has 0 unspecified atom stereocenters. The van der Waals surface area contributed by atoms with Gasteiger partial charge in [-0.15, -0.1) is 0 Å². The first-order chi connectivity index (χ1) is 16.1. The van der Waals surface area contributed by atoms with E-state index in [1.165, 1.54) is 12.7 Å². The summed E-state index contributed by atoms with van der Waals surface area (Å²) in [6.45, 7) is 16.2. The third kappa shape index (κ3) is 3.07. The summed E-state index contributed by atoms with van der Waals surface area (Å²) >= 11 is 0. The second kappa shape index (κ2) is 7.45. The number of allylic oxidation sites excluding steroid dienone is 2. The van der Waals surface area contributed by atoms with Gasteiger partial charge in [0.05, 0.1) is 18.6 Å². The summed E-state index contributed by atoms with van der Waals surface area (Å²) in [7, 11) is 1.50. The Bertz CT molecular complexity index is 980. The lowest BCUT2D eigenvalue weighted by molar-refractivity contribution is -0.202. The van der Waals surface area contributed by atoms with Crippen LogP contribution in [0.1, 0.15) is 106 Å². The molecule has 0 aromatic heterocycles. The van der Waals surface area contributed by atoms with E-state index >= 15 is 0 Å². The summed E-state index contributed by atoms with van der Waals surface area (Å²) < 4.78 is 5.25. The lowest BCUT2D eigenvalue weighted by atomic mass is 9.33. The Morgan fingerprint density at radius 1 is 0.943 bits per heavy atom. The maximum Gasteiger partial charge on any atom is 0.311 e. The van der Waals surface area contributed by atoms with Gasteiger partial charge in [0, 0.05) is 5.92 Å². The number of esters is 1. The van der Waals surface area contributed by atoms with Crippen LogP contribution in [0, 0.1) is 50.2 Å². The summed E-state index contributed by atoms with van der Waals surface area (Å²) in [4.78, 5) is 27.1. The molecular formula is C31H48O4. The van der Waals surface area contributed by atoms with Gasteiger partial charge in [0.1, 0.15) is 0 Å². The average molecular weight is 485 g/mol. The number of aliphatic hydroxyl groups excluding tert-OH is 1. The molecule has 196 valence electrons. The molecule has 5 aliphatic carbocycles. The van der Waals surface area contributed by atoms with Crippen molar-refractivity contribution in [1.82, 2.24) is 0 Å². The third-order valence-corrected chi connectivity index (χ3v) is 13.2. The molecule has 5 aliphatic rings. The van der Waals surface area contributed by atoms with Crippen molar-refractivity contribution in [2.75, 3.05) is 7.11 Å². The minimum Gasteiger partial charge on any atom is -0.469 e. The smallest absolute Gasteiger partial charge is 0.311 e. The van der Waals surface area contributed by atoms with Crippen LogP contribution >= 0.6 is 0 Å². The largest absolute Gasteiger partial charge is 0.469 e. The van der Waals surface area contributed by atoms with Gasteiger partial charge in [0.2, 0.25) is 0 Å². The predicted molar refractivity (Wildman–Crippen MR) is 137 cm³/mol. The molecule has 4 heteroatoms. The first kappa shape index (κ1) is 25.5. The Balaban J connectivity index is 1.61. The molecule has 1 N–H and O–H groups in total. The van der Waals surface area contributed by atoms with Gasteiger partial charge in [-0.2, -0.15) is 0 Å². The zero-order chi connectivity index (χ0) is 25.8. The van der Waals surface area contributed by atoms with Gasteiger partial charge in [-0.1, -0.05) is 47.1 Å². The highest BCUT2D eigenvalue weighted by Crippen LogP contribution is 2.75. The number of carbonyl (C=O) groups excluding carboxylic acids is 2. The van der Waals surface area contributed by atoms with E-state index in [1.807, 2.05) is 0 Å². The van der Waals surface area contributed by atoms with E-state index in [-0.39, 0.29) is 51.0 Å². The molecule has 0 aromatic rings. The van der Waals surface area contributed by atoms with Gasteiger partial charge in [0.25, 0.3) is 0 Å². The lowest BCUT2D eigenvalue weighted by Gasteiger charge is -2.70. The average Bonchev–Trinajstić information content (AvgIpc) is 2.78. The van der Waals surface area contributed by atoms with Crippen molar-refractivity contribution in [3.8, 4) is 0 Å². The molecule has 4 nitrogen and oxygen atoms in total. The number of rotatable bonds is 1. The molecule has 0 radical (unpaired) electrons. The Kier molecular flexibility index (Phi) is 5.43. The standard InChI is InChI=1S/C31H48O4/c1-26(2)22-9-12-31(7)24(29(22,5)11-10-23(26)33)21(32)17-19-20-18-28(4,25(34)35-8)14-13-27(20,3)15-16-30(19,31)6/h17,20,22-24,33H,9-16,18H2,1-8H3/t20-,22+,23+,24-,27-,28+,29-,30+,31-/m1/s1. The first-order valence-electron chi connectivity index (χ1n) is 14.1. The van der Waals surface area contributed by atoms with Crippen molar-refractivity contribution in [3.63, 3.8) is 0 Å². The molecule has 4 saturated carbocycles. The van der Waals surface area contributed by atoms with Gasteiger partial charge in [0.15, 0.2) is 5.78 Å². The zero-order valence-electron chi connectivity index (χ0n) is 23.4. The highest BCUT2D eigenvalue weighted by Gasteiger charge is 2.70. The van der Waals surface area contributed by atoms with Gasteiger partial charge in [-0.3, -0.25) is 9.59 Å². The van der Waals surface area contributed by atoms with Crippen molar-refractivity contribution in [3.05, 3.63) is 11.6 Å². The highest BCUT2D eigenvalue weighted by molar-refractivity contribution is 5.95. The van der Waals surface area contributed by atoms with E-state index in [0.717, 1.165) is 57.8 Å². The number of ketones is 1. The quantitative estimate of drug-likeness (QED) is 0.431. The number of hydrogen-bond acceptors (Lipinski definition) is 4. The van der Waals surface area contributed by atoms with Crippen LogP contribution in [0.15, 0.2) is 11.6 Å². The van der Waals surface area contributed by atoms with Crippen LogP contribution in [0.25, 0.3) is 0 Å². The Labute approximate surface area is 212 Å². The molecule has 0 spiro atoms. The van der Waals surface area contributed by atoms with Crippen molar-refractivity contribution < 1.29 is 19.4 Å². The fraction of sp³-hybridized carbons (Fsp3) is 0.871. The van der Waals surface area contributed by atoms with Gasteiger partial charge in [-0.25, -0.2) is 0 Å². The van der Waals surface area contributed by atoms with Crippen molar-refractivity contribution in [1.29, 1.82) is 0 Å². The Morgan fingerprint density at radius 2 is 1.60 bits per heavy atom. The van der Waals surface area contributed by atoms with Gasteiger partial charge < -0.3 is 9.84 Å². The van der Waals surface area contributed by atoms with E-state index in [1.54, 1.807) is 0 Å². The van der Waals surface area contributed by atoms with Crippen LogP contribution in [-0.4, -0.2) is 30.1 Å². The number of carbonyl (C=O) groups is 2. The number of methoxy groups -OCH3 is 1. The minimum atomic E-state index is -0.480. The fourth-order valence-corrected chi connectivity index (χ4v) is 10.6. The third-order valence-electron chi connectivity index (χ3n) is 13.2. The Hall–Kier alpha value is -1.16. The van der Waals surface area contributed by atoms with Crippen LogP contribution in [0.3, 0.4) is 0 Å². The van der Waals surface area contributed by atoms with Crippen LogP contribution < -0.4 is 0 Å². The first-order valence-corrected chi connectivity index (χ1v) is 14.1. The van der Waals surface area contributed by atoms with Crippen molar-refractivity contribution in [2.45, 2.75) is 112 Å². The summed E-state index contributed by atoms with van der Waals surface area (Å²) in [5.74, 6) is 0.805. The van der Waals surface area contributed by atoms with Crippen LogP contribution in [-0.2, 0) is 14.3 Å².